The molecular formula is C29H31F3N4O4. The van der Waals surface area contributed by atoms with Gasteiger partial charge >= 0.3 is 18.2 Å². The Morgan fingerprint density at radius 2 is 1.77 bits per heavy atom. The summed E-state index contributed by atoms with van der Waals surface area (Å²) in [4.78, 5) is 32.7. The topological polar surface area (TPSA) is 105 Å². The number of aryl methyl sites for hydroxylation is 2. The molecule has 0 radical (unpaired) electrons. The predicted molar refractivity (Wildman–Crippen MR) is 143 cm³/mol. The van der Waals surface area contributed by atoms with E-state index in [9.17, 15) is 22.8 Å². The highest BCUT2D eigenvalue weighted by Gasteiger charge is 2.35. The number of benzene rings is 2. The Balaban J connectivity index is 1.49. The molecule has 1 unspecified atom stereocenters. The molecule has 4 rings (SSSR count). The van der Waals surface area contributed by atoms with Gasteiger partial charge in [0.15, 0.2) is 0 Å². The summed E-state index contributed by atoms with van der Waals surface area (Å²) in [6.07, 6.45) is -3.05. The van der Waals surface area contributed by atoms with Crippen molar-refractivity contribution in [2.24, 2.45) is 0 Å². The van der Waals surface area contributed by atoms with Crippen LogP contribution in [0.2, 0.25) is 0 Å². The Bertz CT molecular complexity index is 1340. The first-order chi connectivity index (χ1) is 19.1. The van der Waals surface area contributed by atoms with Gasteiger partial charge in [-0.15, -0.1) is 0 Å². The van der Waals surface area contributed by atoms with Gasteiger partial charge in [0.05, 0.1) is 24.3 Å². The number of halogens is 3. The highest BCUT2D eigenvalue weighted by molar-refractivity contribution is 5.78. The first-order valence-electron chi connectivity index (χ1n) is 13.0. The average molecular weight is 557 g/mol. The zero-order valence-corrected chi connectivity index (χ0v) is 22.2. The number of carboxylic acid groups (broad SMARTS) is 1. The zero-order chi connectivity index (χ0) is 28.9. The van der Waals surface area contributed by atoms with Gasteiger partial charge in [-0.2, -0.15) is 13.2 Å². The summed E-state index contributed by atoms with van der Waals surface area (Å²) in [5.41, 5.74) is 2.08. The summed E-state index contributed by atoms with van der Waals surface area (Å²) in [5.74, 6) is -0.697. The number of hydrogen-bond acceptors (Lipinski definition) is 6. The lowest BCUT2D eigenvalue weighted by Crippen LogP contribution is -2.36. The minimum Gasteiger partial charge on any atom is -0.469 e. The number of esters is 1. The summed E-state index contributed by atoms with van der Waals surface area (Å²) >= 11 is 0. The van der Waals surface area contributed by atoms with E-state index in [4.69, 9.17) is 9.84 Å². The summed E-state index contributed by atoms with van der Waals surface area (Å²) in [7, 11) is 1.30. The maximum atomic E-state index is 13.8. The third-order valence-corrected chi connectivity index (χ3v) is 7.28. The number of ether oxygens (including phenoxy) is 1. The van der Waals surface area contributed by atoms with Crippen LogP contribution in [-0.4, -0.2) is 52.2 Å². The van der Waals surface area contributed by atoms with Crippen molar-refractivity contribution >= 4 is 23.7 Å². The van der Waals surface area contributed by atoms with Crippen LogP contribution in [0.1, 0.15) is 59.5 Å². The van der Waals surface area contributed by atoms with Gasteiger partial charge in [0.25, 0.3) is 0 Å². The second-order valence-electron chi connectivity index (χ2n) is 9.79. The number of carbonyl (C=O) groups excluding carboxylic acids is 1. The van der Waals surface area contributed by atoms with Gasteiger partial charge in [0, 0.05) is 25.0 Å². The number of piperidine rings is 1. The molecule has 3 aromatic rings. The molecule has 40 heavy (non-hydrogen) atoms. The molecule has 1 aliphatic heterocycles. The molecule has 2 N–H and O–H groups in total. The molecule has 1 saturated heterocycles. The van der Waals surface area contributed by atoms with Crippen molar-refractivity contribution in [1.29, 1.82) is 0 Å². The Morgan fingerprint density at radius 1 is 1.10 bits per heavy atom. The maximum Gasteiger partial charge on any atom is 0.419 e. The van der Waals surface area contributed by atoms with Gasteiger partial charge in [0.2, 0.25) is 5.95 Å². The number of methoxy groups -OCH3 is 1. The molecule has 0 spiro atoms. The second-order valence-corrected chi connectivity index (χ2v) is 9.79. The number of rotatable bonds is 8. The standard InChI is InChI=1S/C29H31F3N4O4/c1-18(26(37)40-2)23-6-4-3-5-21(23)9-12-25-24(29(30,31)32)17-33-27(35-25)34-22-10-7-19(8-11-22)20-13-15-36(16-14-20)28(38)39/h3-8,10-11,17-18,20H,9,12-16H2,1-2H3,(H,38,39)(H,33,34,35). The number of nitrogens with zero attached hydrogens (tertiary/aromatic N) is 3. The van der Waals surface area contributed by atoms with Crippen LogP contribution in [0, 0.1) is 0 Å². The van der Waals surface area contributed by atoms with Crippen molar-refractivity contribution in [3.8, 4) is 0 Å². The molecule has 2 heterocycles. The fourth-order valence-electron chi connectivity index (χ4n) is 5.02. The smallest absolute Gasteiger partial charge is 0.419 e. The van der Waals surface area contributed by atoms with E-state index in [1.807, 2.05) is 24.3 Å². The van der Waals surface area contributed by atoms with E-state index in [1.54, 1.807) is 31.2 Å². The minimum atomic E-state index is -4.62. The number of anilines is 2. The molecule has 212 valence electrons. The van der Waals surface area contributed by atoms with E-state index in [0.29, 0.717) is 24.3 Å². The van der Waals surface area contributed by atoms with Crippen LogP contribution in [0.5, 0.6) is 0 Å². The molecule has 0 saturated carbocycles. The summed E-state index contributed by atoms with van der Waals surface area (Å²) in [6.45, 7) is 2.66. The summed E-state index contributed by atoms with van der Waals surface area (Å²) in [6, 6.07) is 14.6. The van der Waals surface area contributed by atoms with Crippen LogP contribution in [-0.2, 0) is 28.5 Å². The van der Waals surface area contributed by atoms with E-state index >= 15 is 0 Å². The van der Waals surface area contributed by atoms with Gasteiger partial charge in [-0.05, 0) is 67.3 Å². The average Bonchev–Trinajstić information content (AvgIpc) is 2.95. The fraction of sp³-hybridized carbons (Fsp3) is 0.379. The third-order valence-electron chi connectivity index (χ3n) is 7.28. The van der Waals surface area contributed by atoms with Crippen molar-refractivity contribution < 1.29 is 32.6 Å². The highest BCUT2D eigenvalue weighted by Crippen LogP contribution is 2.33. The van der Waals surface area contributed by atoms with Gasteiger partial charge in [-0.1, -0.05) is 36.4 Å². The first-order valence-corrected chi connectivity index (χ1v) is 13.0. The Kier molecular flexibility index (Phi) is 8.91. The number of carbonyl (C=O) groups is 2. The van der Waals surface area contributed by atoms with Crippen molar-refractivity contribution in [3.05, 3.63) is 82.7 Å². The molecule has 11 heteroatoms. The SMILES string of the molecule is COC(=O)C(C)c1ccccc1CCc1nc(Nc2ccc(C3CCN(C(=O)O)CC3)cc2)ncc1C(F)(F)F. The largest absolute Gasteiger partial charge is 0.469 e. The van der Waals surface area contributed by atoms with Crippen LogP contribution in [0.3, 0.4) is 0 Å². The normalized spacial score (nSPS) is 15.0. The molecular weight excluding hydrogens is 525 g/mol. The lowest BCUT2D eigenvalue weighted by Gasteiger charge is -2.30. The van der Waals surface area contributed by atoms with E-state index in [0.717, 1.165) is 30.2 Å². The van der Waals surface area contributed by atoms with E-state index in [1.165, 1.54) is 12.0 Å². The van der Waals surface area contributed by atoms with Crippen molar-refractivity contribution in [2.75, 3.05) is 25.5 Å². The molecule has 0 bridgehead atoms. The monoisotopic (exact) mass is 556 g/mol. The number of alkyl halides is 3. The molecule has 1 aromatic heterocycles. The summed E-state index contributed by atoms with van der Waals surface area (Å²) < 4.78 is 46.2. The van der Waals surface area contributed by atoms with E-state index < -0.39 is 29.7 Å². The van der Waals surface area contributed by atoms with Crippen LogP contribution in [0.15, 0.2) is 54.7 Å². The van der Waals surface area contributed by atoms with Crippen molar-refractivity contribution in [1.82, 2.24) is 14.9 Å². The van der Waals surface area contributed by atoms with Crippen LogP contribution < -0.4 is 5.32 Å². The first kappa shape index (κ1) is 28.8. The highest BCUT2D eigenvalue weighted by atomic mass is 19.4. The molecule has 1 atom stereocenters. The molecule has 1 aliphatic rings. The van der Waals surface area contributed by atoms with Crippen molar-refractivity contribution in [2.45, 2.75) is 50.6 Å². The number of nitrogens with one attached hydrogen (secondary N) is 1. The number of likely N-dealkylation sites (tertiary alicyclic amines) is 1. The van der Waals surface area contributed by atoms with Crippen molar-refractivity contribution in [3.63, 3.8) is 0 Å². The molecule has 1 fully saturated rings. The molecule has 0 aliphatic carbocycles. The maximum absolute atomic E-state index is 13.8. The van der Waals surface area contributed by atoms with Gasteiger partial charge in [-0.3, -0.25) is 4.79 Å². The number of hydrogen-bond donors (Lipinski definition) is 2. The lowest BCUT2D eigenvalue weighted by molar-refractivity contribution is -0.142. The predicted octanol–water partition coefficient (Wildman–Crippen LogP) is 6.16. The van der Waals surface area contributed by atoms with E-state index in [-0.39, 0.29) is 30.4 Å². The Hall–Kier alpha value is -4.15. The fourth-order valence-corrected chi connectivity index (χ4v) is 5.02. The van der Waals surface area contributed by atoms with Gasteiger partial charge in [-0.25, -0.2) is 14.8 Å². The zero-order valence-electron chi connectivity index (χ0n) is 22.2. The summed E-state index contributed by atoms with van der Waals surface area (Å²) in [5, 5.41) is 12.1. The molecule has 2 aromatic carbocycles. The van der Waals surface area contributed by atoms with E-state index in [2.05, 4.69) is 15.3 Å². The third kappa shape index (κ3) is 6.88. The molecule has 8 nitrogen and oxygen atoms in total. The number of amides is 1. The lowest BCUT2D eigenvalue weighted by atomic mass is 9.89. The van der Waals surface area contributed by atoms with Gasteiger partial charge in [0.1, 0.15) is 0 Å². The van der Waals surface area contributed by atoms with Crippen LogP contribution >= 0.6 is 0 Å². The molecule has 1 amide bonds. The second kappa shape index (κ2) is 12.4. The Labute approximate surface area is 230 Å². The van der Waals surface area contributed by atoms with Crippen LogP contribution in [0.4, 0.5) is 29.6 Å². The quantitative estimate of drug-likeness (QED) is 0.320. The van der Waals surface area contributed by atoms with Gasteiger partial charge < -0.3 is 20.1 Å². The van der Waals surface area contributed by atoms with Crippen LogP contribution in [0.25, 0.3) is 0 Å². The number of aromatic nitrogens is 2. The Morgan fingerprint density at radius 3 is 2.40 bits per heavy atom. The minimum absolute atomic E-state index is 0.00900.